The van der Waals surface area contributed by atoms with E-state index < -0.39 is 28.9 Å². The zero-order valence-electron chi connectivity index (χ0n) is 23.2. The van der Waals surface area contributed by atoms with Gasteiger partial charge < -0.3 is 14.2 Å². The lowest BCUT2D eigenvalue weighted by molar-refractivity contribution is 0.213. The van der Waals surface area contributed by atoms with Gasteiger partial charge in [-0.1, -0.05) is 0 Å². The Bertz CT molecular complexity index is 1990. The average Bonchev–Trinajstić information content (AvgIpc) is 2.99. The van der Waals surface area contributed by atoms with Crippen LogP contribution in [-0.4, -0.2) is 27.3 Å². The van der Waals surface area contributed by atoms with Gasteiger partial charge in [-0.05, 0) is 74.5 Å². The van der Waals surface area contributed by atoms with E-state index in [9.17, 15) is 24.0 Å². The number of methoxy groups -OCH3 is 1. The summed E-state index contributed by atoms with van der Waals surface area (Å²) in [5.74, 6) is 0.369. The van der Waals surface area contributed by atoms with E-state index in [2.05, 4.69) is 16.4 Å². The number of hydrogen-bond donors (Lipinski definition) is 1. The van der Waals surface area contributed by atoms with Gasteiger partial charge in [0.2, 0.25) is 5.75 Å². The molecule has 5 rings (SSSR count). The van der Waals surface area contributed by atoms with Gasteiger partial charge in [-0.25, -0.2) is 18.5 Å². The molecule has 216 valence electrons. The number of rotatable bonds is 7. The fraction of sp³-hybridized carbons (Fsp3) is 0.129. The molecule has 0 aliphatic carbocycles. The number of benzene rings is 3. The average molecular weight is 582 g/mol. The van der Waals surface area contributed by atoms with Crippen LogP contribution in [0.5, 0.6) is 23.0 Å². The molecule has 2 heterocycles. The normalized spacial score (nSPS) is 10.8. The van der Waals surface area contributed by atoms with Gasteiger partial charge in [-0.15, -0.1) is 0 Å². The molecule has 0 aliphatic heterocycles. The largest absolute Gasteiger partial charge is 0.495 e. The maximum absolute atomic E-state index is 13.4. The van der Waals surface area contributed by atoms with Crippen LogP contribution in [0, 0.1) is 17.1 Å². The molecule has 0 radical (unpaired) electrons. The third kappa shape index (κ3) is 5.91. The van der Waals surface area contributed by atoms with E-state index in [0.29, 0.717) is 39.4 Å². The van der Waals surface area contributed by atoms with Crippen molar-refractivity contribution in [3.8, 4) is 34.8 Å². The molecule has 43 heavy (non-hydrogen) atoms. The molecule has 0 saturated carbocycles. The summed E-state index contributed by atoms with van der Waals surface area (Å²) >= 11 is 0. The van der Waals surface area contributed by atoms with E-state index in [-0.39, 0.29) is 11.7 Å². The lowest BCUT2D eigenvalue weighted by Gasteiger charge is -2.15. The monoisotopic (exact) mass is 581 g/mol. The molecule has 3 aromatic carbocycles. The molecule has 0 saturated heterocycles. The predicted molar refractivity (Wildman–Crippen MR) is 156 cm³/mol. The number of nitriles is 1. The van der Waals surface area contributed by atoms with E-state index in [4.69, 9.17) is 14.2 Å². The minimum Gasteiger partial charge on any atom is -0.495 e. The van der Waals surface area contributed by atoms with Crippen LogP contribution < -0.4 is 30.8 Å². The Kier molecular flexibility index (Phi) is 7.89. The van der Waals surface area contributed by atoms with Crippen molar-refractivity contribution >= 4 is 22.7 Å². The van der Waals surface area contributed by atoms with Crippen molar-refractivity contribution in [3.63, 3.8) is 0 Å². The summed E-state index contributed by atoms with van der Waals surface area (Å²) in [7, 11) is 1.47. The summed E-state index contributed by atoms with van der Waals surface area (Å²) in [6, 6.07) is 17.8. The number of aromatic nitrogens is 3. The zero-order valence-corrected chi connectivity index (χ0v) is 23.2. The van der Waals surface area contributed by atoms with Crippen LogP contribution in [0.1, 0.15) is 25.5 Å². The molecular weight excluding hydrogens is 557 g/mol. The Labute approximate surface area is 243 Å². The Hall–Kier alpha value is -5.96. The highest BCUT2D eigenvalue weighted by molar-refractivity contribution is 5.88. The second-order valence-corrected chi connectivity index (χ2v) is 9.53. The summed E-state index contributed by atoms with van der Waals surface area (Å²) in [5, 5.41) is 12.6. The summed E-state index contributed by atoms with van der Waals surface area (Å²) < 4.78 is 32.1. The molecule has 0 atom stereocenters. The number of pyridine rings is 1. The second kappa shape index (κ2) is 11.9. The third-order valence-corrected chi connectivity index (χ3v) is 6.40. The first kappa shape index (κ1) is 28.6. The molecule has 0 unspecified atom stereocenters. The molecule has 0 spiro atoms. The van der Waals surface area contributed by atoms with Crippen molar-refractivity contribution in [2.24, 2.45) is 0 Å². The van der Waals surface area contributed by atoms with Crippen molar-refractivity contribution in [1.29, 1.82) is 5.26 Å². The van der Waals surface area contributed by atoms with E-state index in [1.807, 2.05) is 0 Å². The predicted octanol–water partition coefficient (Wildman–Crippen LogP) is 5.55. The van der Waals surface area contributed by atoms with E-state index in [1.54, 1.807) is 62.5 Å². The Balaban J connectivity index is 1.35. The molecule has 1 amide bonds. The summed E-state index contributed by atoms with van der Waals surface area (Å²) in [6.07, 6.45) is 1.77. The highest BCUT2D eigenvalue weighted by atomic mass is 19.1. The lowest BCUT2D eigenvalue weighted by atomic mass is 10.1. The van der Waals surface area contributed by atoms with Crippen LogP contribution in [0.4, 0.5) is 14.9 Å². The van der Waals surface area contributed by atoms with E-state index in [0.717, 1.165) is 22.9 Å². The highest BCUT2D eigenvalue weighted by Crippen LogP contribution is 2.33. The van der Waals surface area contributed by atoms with Crippen LogP contribution in [0.2, 0.25) is 0 Å². The molecule has 0 bridgehead atoms. The van der Waals surface area contributed by atoms with Gasteiger partial charge in [0, 0.05) is 29.4 Å². The fourth-order valence-corrected chi connectivity index (χ4v) is 4.28. The maximum atomic E-state index is 13.4. The number of ether oxygens (including phenoxy) is 3. The molecule has 12 heteroatoms. The lowest BCUT2D eigenvalue weighted by Crippen LogP contribution is -2.40. The molecule has 0 fully saturated rings. The number of hydrogen-bond acceptors (Lipinski definition) is 8. The SMILES string of the molecule is COc1cc2nccc(Oc3ccc(NC(=O)Oc4cn(C(C)C)c(=O)n(-c5ccc(F)cc5)c4=O)cc3)c2cc1C#N. The number of carbonyl (C=O) groups is 1. The summed E-state index contributed by atoms with van der Waals surface area (Å²) in [4.78, 5) is 43.2. The highest BCUT2D eigenvalue weighted by Gasteiger charge is 2.19. The number of anilines is 1. The van der Waals surface area contributed by atoms with Crippen molar-refractivity contribution in [2.75, 3.05) is 12.4 Å². The van der Waals surface area contributed by atoms with Crippen molar-refractivity contribution < 1.29 is 23.4 Å². The summed E-state index contributed by atoms with van der Waals surface area (Å²) in [6.45, 7) is 3.45. The smallest absolute Gasteiger partial charge is 0.417 e. The number of amides is 1. The van der Waals surface area contributed by atoms with E-state index in [1.165, 1.54) is 23.8 Å². The van der Waals surface area contributed by atoms with Gasteiger partial charge >= 0.3 is 17.3 Å². The van der Waals surface area contributed by atoms with Gasteiger partial charge in [0.05, 0.1) is 30.1 Å². The molecule has 11 nitrogen and oxygen atoms in total. The zero-order chi connectivity index (χ0) is 30.7. The quantitative estimate of drug-likeness (QED) is 0.264. The Morgan fingerprint density at radius 1 is 1.00 bits per heavy atom. The minimum atomic E-state index is -0.969. The molecule has 1 N–H and O–H groups in total. The van der Waals surface area contributed by atoms with Gasteiger partial charge in [0.1, 0.15) is 29.1 Å². The first-order valence-electron chi connectivity index (χ1n) is 13.0. The standard InChI is InChI=1S/C31H24FN5O6/c1-18(2)36-17-28(29(38)37(31(36)40)22-8-4-20(32)5-9-22)43-30(39)35-21-6-10-23(11-7-21)42-26-12-13-34-25-15-27(41-3)19(16-33)14-24(25)26/h4-15,17-18H,1-3H3,(H,35,39). The van der Waals surface area contributed by atoms with Crippen molar-refractivity contribution in [1.82, 2.24) is 14.1 Å². The van der Waals surface area contributed by atoms with Crippen molar-refractivity contribution in [2.45, 2.75) is 19.9 Å². The van der Waals surface area contributed by atoms with Gasteiger partial charge in [0.15, 0.2) is 0 Å². The van der Waals surface area contributed by atoms with Gasteiger partial charge in [-0.2, -0.15) is 5.26 Å². The van der Waals surface area contributed by atoms with Crippen LogP contribution in [-0.2, 0) is 0 Å². The molecule has 5 aromatic rings. The van der Waals surface area contributed by atoms with Crippen LogP contribution >= 0.6 is 0 Å². The van der Waals surface area contributed by atoms with Crippen molar-refractivity contribution in [3.05, 3.63) is 111 Å². The fourth-order valence-electron chi connectivity index (χ4n) is 4.28. The minimum absolute atomic E-state index is 0.122. The number of halogens is 1. The first-order chi connectivity index (χ1) is 20.7. The Morgan fingerprint density at radius 2 is 1.72 bits per heavy atom. The van der Waals surface area contributed by atoms with Gasteiger partial charge in [0.25, 0.3) is 0 Å². The molecule has 0 aliphatic rings. The third-order valence-electron chi connectivity index (χ3n) is 6.40. The maximum Gasteiger partial charge on any atom is 0.417 e. The van der Waals surface area contributed by atoms with Gasteiger partial charge in [-0.3, -0.25) is 19.7 Å². The summed E-state index contributed by atoms with van der Waals surface area (Å²) in [5.41, 5.74) is -0.174. The Morgan fingerprint density at radius 3 is 2.37 bits per heavy atom. The first-order valence-corrected chi connectivity index (χ1v) is 13.0. The molecular formula is C31H24FN5O6. The number of fused-ring (bicyclic) bond motifs is 1. The van der Waals surface area contributed by atoms with Crippen LogP contribution in [0.3, 0.4) is 0 Å². The number of carbonyl (C=O) groups excluding carboxylic acids is 1. The van der Waals surface area contributed by atoms with Crippen LogP contribution in [0.15, 0.2) is 88.7 Å². The number of nitrogens with zero attached hydrogens (tertiary/aromatic N) is 4. The topological polar surface area (TPSA) is 137 Å². The molecule has 2 aromatic heterocycles. The second-order valence-electron chi connectivity index (χ2n) is 9.53. The van der Waals surface area contributed by atoms with Crippen LogP contribution in [0.25, 0.3) is 16.6 Å². The van der Waals surface area contributed by atoms with E-state index >= 15 is 0 Å². The number of nitrogens with one attached hydrogen (secondary N) is 1.